The Bertz CT molecular complexity index is 357. The third-order valence-electron chi connectivity index (χ3n) is 3.08. The molecule has 0 radical (unpaired) electrons. The Morgan fingerprint density at radius 1 is 1.24 bits per heavy atom. The van der Waals surface area contributed by atoms with E-state index in [0.29, 0.717) is 12.2 Å². The summed E-state index contributed by atoms with van der Waals surface area (Å²) < 4.78 is 11.1. The number of hydrogen-bond acceptors (Lipinski definition) is 3. The predicted octanol–water partition coefficient (Wildman–Crippen LogP) is 2.30. The van der Waals surface area contributed by atoms with Gasteiger partial charge in [-0.15, -0.1) is 0 Å². The Morgan fingerprint density at radius 2 is 1.88 bits per heavy atom. The Kier molecular flexibility index (Phi) is 4.02. The van der Waals surface area contributed by atoms with Crippen LogP contribution >= 0.6 is 0 Å². The summed E-state index contributed by atoms with van der Waals surface area (Å²) in [5, 5.41) is 0. The van der Waals surface area contributed by atoms with Crippen LogP contribution in [0.1, 0.15) is 19.4 Å². The molecule has 2 rings (SSSR count). The first kappa shape index (κ1) is 12.4. The molecule has 0 bridgehead atoms. The summed E-state index contributed by atoms with van der Waals surface area (Å²) in [7, 11) is 1.73. The monoisotopic (exact) mass is 235 g/mol. The highest BCUT2D eigenvalue weighted by Crippen LogP contribution is 2.21. The Hall–Kier alpha value is -1.06. The van der Waals surface area contributed by atoms with Gasteiger partial charge in [0, 0.05) is 25.2 Å². The van der Waals surface area contributed by atoms with Crippen molar-refractivity contribution in [2.45, 2.75) is 32.6 Å². The molecule has 0 saturated carbocycles. The number of rotatable bonds is 3. The van der Waals surface area contributed by atoms with Gasteiger partial charge in [0.05, 0.1) is 19.3 Å². The van der Waals surface area contributed by atoms with Crippen LogP contribution in [-0.2, 0) is 11.3 Å². The van der Waals surface area contributed by atoms with Crippen molar-refractivity contribution in [1.82, 2.24) is 4.90 Å². The van der Waals surface area contributed by atoms with Crippen LogP contribution in [0.2, 0.25) is 0 Å². The molecule has 0 aliphatic carbocycles. The van der Waals surface area contributed by atoms with Crippen LogP contribution in [0.25, 0.3) is 0 Å². The van der Waals surface area contributed by atoms with E-state index >= 15 is 0 Å². The SMILES string of the molecule is COc1ccccc1CN1C[C@@H](C)O[C@@H](C)C1. The normalized spacial score (nSPS) is 25.8. The molecule has 0 amide bonds. The molecule has 0 unspecified atom stereocenters. The average molecular weight is 235 g/mol. The van der Waals surface area contributed by atoms with Gasteiger partial charge in [-0.3, -0.25) is 4.90 Å². The van der Waals surface area contributed by atoms with Crippen molar-refractivity contribution in [3.63, 3.8) is 0 Å². The Balaban J connectivity index is 2.04. The highest BCUT2D eigenvalue weighted by molar-refractivity contribution is 5.33. The predicted molar refractivity (Wildman–Crippen MR) is 68.3 cm³/mol. The van der Waals surface area contributed by atoms with E-state index in [-0.39, 0.29) is 0 Å². The van der Waals surface area contributed by atoms with Gasteiger partial charge in [0.2, 0.25) is 0 Å². The van der Waals surface area contributed by atoms with E-state index < -0.39 is 0 Å². The molecule has 1 heterocycles. The van der Waals surface area contributed by atoms with Crippen LogP contribution in [0.15, 0.2) is 24.3 Å². The minimum absolute atomic E-state index is 0.313. The Labute approximate surface area is 103 Å². The summed E-state index contributed by atoms with van der Waals surface area (Å²) in [6.45, 7) is 7.17. The molecule has 2 atom stereocenters. The molecule has 1 fully saturated rings. The summed E-state index contributed by atoms with van der Waals surface area (Å²) >= 11 is 0. The van der Waals surface area contributed by atoms with E-state index in [4.69, 9.17) is 9.47 Å². The van der Waals surface area contributed by atoms with Crippen molar-refractivity contribution in [2.75, 3.05) is 20.2 Å². The van der Waals surface area contributed by atoms with Crippen molar-refractivity contribution in [3.05, 3.63) is 29.8 Å². The number of hydrogen-bond donors (Lipinski definition) is 0. The number of morpholine rings is 1. The fourth-order valence-corrected chi connectivity index (χ4v) is 2.49. The topological polar surface area (TPSA) is 21.7 Å². The molecule has 1 aliphatic heterocycles. The molecule has 0 N–H and O–H groups in total. The summed E-state index contributed by atoms with van der Waals surface area (Å²) in [5.41, 5.74) is 1.25. The third-order valence-corrected chi connectivity index (χ3v) is 3.08. The first-order chi connectivity index (χ1) is 8.19. The number of methoxy groups -OCH3 is 1. The van der Waals surface area contributed by atoms with Gasteiger partial charge < -0.3 is 9.47 Å². The zero-order valence-electron chi connectivity index (χ0n) is 10.8. The Morgan fingerprint density at radius 3 is 2.53 bits per heavy atom. The zero-order chi connectivity index (χ0) is 12.3. The van der Waals surface area contributed by atoms with Gasteiger partial charge in [0.15, 0.2) is 0 Å². The summed E-state index contributed by atoms with van der Waals surface area (Å²) in [5.74, 6) is 0.972. The molecule has 3 heteroatoms. The van der Waals surface area contributed by atoms with Crippen LogP contribution in [0.5, 0.6) is 5.75 Å². The van der Waals surface area contributed by atoms with Crippen molar-refractivity contribution >= 4 is 0 Å². The van der Waals surface area contributed by atoms with Crippen LogP contribution in [-0.4, -0.2) is 37.3 Å². The van der Waals surface area contributed by atoms with E-state index in [2.05, 4.69) is 30.9 Å². The van der Waals surface area contributed by atoms with Gasteiger partial charge in [-0.1, -0.05) is 18.2 Å². The van der Waals surface area contributed by atoms with Gasteiger partial charge >= 0.3 is 0 Å². The lowest BCUT2D eigenvalue weighted by molar-refractivity contribution is -0.0706. The molecule has 1 aliphatic rings. The zero-order valence-corrected chi connectivity index (χ0v) is 10.8. The van der Waals surface area contributed by atoms with Crippen molar-refractivity contribution in [1.29, 1.82) is 0 Å². The molecule has 17 heavy (non-hydrogen) atoms. The largest absolute Gasteiger partial charge is 0.496 e. The van der Waals surface area contributed by atoms with Gasteiger partial charge in [0.25, 0.3) is 0 Å². The summed E-state index contributed by atoms with van der Waals surface area (Å²) in [6, 6.07) is 8.21. The lowest BCUT2D eigenvalue weighted by atomic mass is 10.1. The quantitative estimate of drug-likeness (QED) is 0.802. The second kappa shape index (κ2) is 5.52. The molecule has 1 saturated heterocycles. The molecule has 0 aromatic heterocycles. The lowest BCUT2D eigenvalue weighted by Gasteiger charge is -2.35. The minimum Gasteiger partial charge on any atom is -0.496 e. The highest BCUT2D eigenvalue weighted by atomic mass is 16.5. The molecule has 94 valence electrons. The number of benzene rings is 1. The standard InChI is InChI=1S/C14H21NO2/c1-11-8-15(9-12(2)17-11)10-13-6-4-5-7-14(13)16-3/h4-7,11-12H,8-10H2,1-3H3/t11-,12+. The highest BCUT2D eigenvalue weighted by Gasteiger charge is 2.22. The summed E-state index contributed by atoms with van der Waals surface area (Å²) in [6.07, 6.45) is 0.627. The maximum atomic E-state index is 5.74. The van der Waals surface area contributed by atoms with E-state index in [9.17, 15) is 0 Å². The number of nitrogens with zero attached hydrogens (tertiary/aromatic N) is 1. The molecule has 0 spiro atoms. The van der Waals surface area contributed by atoms with Crippen molar-refractivity contribution in [3.8, 4) is 5.75 Å². The lowest BCUT2D eigenvalue weighted by Crippen LogP contribution is -2.44. The first-order valence-corrected chi connectivity index (χ1v) is 6.18. The minimum atomic E-state index is 0.313. The van der Waals surface area contributed by atoms with Gasteiger partial charge in [-0.05, 0) is 19.9 Å². The molecule has 1 aromatic carbocycles. The smallest absolute Gasteiger partial charge is 0.123 e. The van der Waals surface area contributed by atoms with E-state index in [1.165, 1.54) is 5.56 Å². The fourth-order valence-electron chi connectivity index (χ4n) is 2.49. The van der Waals surface area contributed by atoms with E-state index in [1.54, 1.807) is 7.11 Å². The van der Waals surface area contributed by atoms with Crippen LogP contribution in [0.4, 0.5) is 0 Å². The van der Waals surface area contributed by atoms with Gasteiger partial charge in [-0.2, -0.15) is 0 Å². The van der Waals surface area contributed by atoms with Crippen LogP contribution in [0, 0.1) is 0 Å². The second-order valence-corrected chi connectivity index (χ2v) is 4.76. The molecular weight excluding hydrogens is 214 g/mol. The molecular formula is C14H21NO2. The maximum absolute atomic E-state index is 5.74. The average Bonchev–Trinajstić information content (AvgIpc) is 2.28. The summed E-state index contributed by atoms with van der Waals surface area (Å²) in [4.78, 5) is 2.43. The maximum Gasteiger partial charge on any atom is 0.123 e. The fraction of sp³-hybridized carbons (Fsp3) is 0.571. The van der Waals surface area contributed by atoms with Crippen molar-refractivity contribution in [2.24, 2.45) is 0 Å². The first-order valence-electron chi connectivity index (χ1n) is 6.18. The van der Waals surface area contributed by atoms with Gasteiger partial charge in [-0.25, -0.2) is 0 Å². The third kappa shape index (κ3) is 3.20. The van der Waals surface area contributed by atoms with E-state index in [0.717, 1.165) is 25.4 Å². The van der Waals surface area contributed by atoms with Crippen LogP contribution in [0.3, 0.4) is 0 Å². The second-order valence-electron chi connectivity index (χ2n) is 4.76. The number of ether oxygens (including phenoxy) is 2. The van der Waals surface area contributed by atoms with Gasteiger partial charge in [0.1, 0.15) is 5.75 Å². The van der Waals surface area contributed by atoms with Crippen LogP contribution < -0.4 is 4.74 Å². The molecule has 3 nitrogen and oxygen atoms in total. The van der Waals surface area contributed by atoms with Crippen molar-refractivity contribution < 1.29 is 9.47 Å². The van der Waals surface area contributed by atoms with E-state index in [1.807, 2.05) is 12.1 Å². The number of para-hydroxylation sites is 1. The molecule has 1 aromatic rings.